The third-order valence-corrected chi connectivity index (χ3v) is 6.99. The molecule has 1 atom stereocenters. The summed E-state index contributed by atoms with van der Waals surface area (Å²) in [4.78, 5) is 41.7. The van der Waals surface area contributed by atoms with E-state index in [1.54, 1.807) is 25.3 Å². The zero-order valence-electron chi connectivity index (χ0n) is 22.2. The summed E-state index contributed by atoms with van der Waals surface area (Å²) in [5, 5.41) is 9.91. The van der Waals surface area contributed by atoms with E-state index in [0.29, 0.717) is 48.4 Å². The van der Waals surface area contributed by atoms with Crippen LogP contribution in [0, 0.1) is 11.8 Å². The molecule has 1 saturated carbocycles. The molecule has 1 amide bonds. The number of amides is 1. The Labute approximate surface area is 224 Å². The number of halogens is 1. The summed E-state index contributed by atoms with van der Waals surface area (Å²) >= 11 is 6.50. The Bertz CT molecular complexity index is 993. The van der Waals surface area contributed by atoms with Gasteiger partial charge in [-0.3, -0.25) is 4.79 Å². The summed E-state index contributed by atoms with van der Waals surface area (Å²) in [6.45, 7) is 9.36. The van der Waals surface area contributed by atoms with Crippen LogP contribution in [0.25, 0.3) is 6.08 Å². The molecule has 37 heavy (non-hydrogen) atoms. The molecule has 2 aliphatic rings. The molecule has 1 aromatic heterocycles. The Morgan fingerprint density at radius 2 is 1.97 bits per heavy atom. The molecule has 204 valence electrons. The van der Waals surface area contributed by atoms with Gasteiger partial charge in [-0.25, -0.2) is 14.6 Å². The molecule has 0 unspecified atom stereocenters. The minimum atomic E-state index is -0.773. The number of anilines is 1. The molecule has 0 aromatic carbocycles. The zero-order chi connectivity index (χ0) is 27.1. The Balaban J connectivity index is 1.58. The number of aromatic nitrogens is 1. The Morgan fingerprint density at radius 3 is 2.57 bits per heavy atom. The molecule has 2 heterocycles. The summed E-state index contributed by atoms with van der Waals surface area (Å²) < 4.78 is 10.2. The van der Waals surface area contributed by atoms with Gasteiger partial charge in [0, 0.05) is 31.3 Å². The monoisotopic (exact) mass is 534 g/mol. The molecule has 1 aliphatic carbocycles. The number of Topliss-reactive ketones (excluding diaryl/α,β-unsaturated/α-hetero) is 1. The van der Waals surface area contributed by atoms with Gasteiger partial charge in [-0.1, -0.05) is 11.6 Å². The molecule has 3 rings (SSSR count). The quantitative estimate of drug-likeness (QED) is 0.316. The van der Waals surface area contributed by atoms with E-state index in [0.717, 1.165) is 32.2 Å². The number of alkyl carbamates (subject to hydrolysis) is 1. The van der Waals surface area contributed by atoms with E-state index in [1.165, 1.54) is 6.08 Å². The van der Waals surface area contributed by atoms with Crippen molar-refractivity contribution in [2.75, 3.05) is 31.6 Å². The van der Waals surface area contributed by atoms with Crippen molar-refractivity contribution < 1.29 is 23.9 Å². The van der Waals surface area contributed by atoms with Gasteiger partial charge in [-0.05, 0) is 90.0 Å². The summed E-state index contributed by atoms with van der Waals surface area (Å²) in [5.74, 6) is 0.462. The number of ketones is 1. The molecule has 0 bridgehead atoms. The highest BCUT2D eigenvalue weighted by atomic mass is 35.5. The van der Waals surface area contributed by atoms with Crippen LogP contribution in [0.1, 0.15) is 65.4 Å². The number of pyridine rings is 1. The minimum Gasteiger partial charge on any atom is -0.463 e. The van der Waals surface area contributed by atoms with Crippen LogP contribution < -0.4 is 16.0 Å². The predicted molar refractivity (Wildman–Crippen MR) is 143 cm³/mol. The number of nitrogens with one attached hydrogen (secondary N) is 3. The Kier molecular flexibility index (Phi) is 9.95. The van der Waals surface area contributed by atoms with E-state index >= 15 is 0 Å². The van der Waals surface area contributed by atoms with Crippen LogP contribution >= 0.6 is 11.6 Å². The maximum absolute atomic E-state index is 13.7. The smallest absolute Gasteiger partial charge is 0.407 e. The number of rotatable bonds is 9. The summed E-state index contributed by atoms with van der Waals surface area (Å²) in [5.41, 5.74) is -0.639. The van der Waals surface area contributed by atoms with Gasteiger partial charge >= 0.3 is 12.1 Å². The molecule has 2 fully saturated rings. The van der Waals surface area contributed by atoms with Gasteiger partial charge in [-0.2, -0.15) is 0 Å². The van der Waals surface area contributed by atoms with E-state index in [9.17, 15) is 14.4 Å². The number of nitrogens with zero attached hydrogens (tertiary/aromatic N) is 1. The van der Waals surface area contributed by atoms with Crippen molar-refractivity contribution in [1.82, 2.24) is 15.6 Å². The molecule has 10 heteroatoms. The standard InChI is InChI=1S/C27H39ClN4O5/c1-5-36-22(33)11-8-19-14-21(28)24(30-16-19)32-27(12-13-29-17-27)23(34)20-9-6-18(7-10-20)15-31-25(35)37-26(2,3)4/h8,11,14,16,18,20,29H,5-7,9-10,12-13,15,17H2,1-4H3,(H,30,32)(H,31,35)/t18?,20?,27-/m1/s1. The van der Waals surface area contributed by atoms with Crippen LogP contribution in [-0.4, -0.2) is 60.2 Å². The number of hydrogen-bond donors (Lipinski definition) is 3. The van der Waals surface area contributed by atoms with Crippen LogP contribution in [0.2, 0.25) is 5.02 Å². The maximum atomic E-state index is 13.7. The van der Waals surface area contributed by atoms with E-state index in [-0.39, 0.29) is 11.7 Å². The number of ether oxygens (including phenoxy) is 2. The lowest BCUT2D eigenvalue weighted by atomic mass is 9.74. The second-order valence-electron chi connectivity index (χ2n) is 10.8. The van der Waals surface area contributed by atoms with Gasteiger partial charge < -0.3 is 25.4 Å². The van der Waals surface area contributed by atoms with Gasteiger partial charge in [0.25, 0.3) is 0 Å². The molecule has 1 saturated heterocycles. The van der Waals surface area contributed by atoms with E-state index < -0.39 is 23.2 Å². The number of esters is 1. The normalized spacial score (nSPS) is 24.0. The zero-order valence-corrected chi connectivity index (χ0v) is 23.0. The SMILES string of the molecule is CCOC(=O)C=Cc1cnc(N[C@]2(C(=O)C3CCC(CNC(=O)OC(C)(C)C)CC3)CCNC2)c(Cl)c1. The third kappa shape index (κ3) is 8.43. The van der Waals surface area contributed by atoms with Crippen molar-refractivity contribution in [3.05, 3.63) is 28.9 Å². The second-order valence-corrected chi connectivity index (χ2v) is 11.2. The van der Waals surface area contributed by atoms with Crippen LogP contribution in [-0.2, 0) is 19.1 Å². The predicted octanol–water partition coefficient (Wildman–Crippen LogP) is 4.36. The van der Waals surface area contributed by atoms with Crippen molar-refractivity contribution >= 4 is 41.3 Å². The van der Waals surface area contributed by atoms with Crippen LogP contribution in [0.15, 0.2) is 18.3 Å². The van der Waals surface area contributed by atoms with E-state index in [4.69, 9.17) is 21.1 Å². The van der Waals surface area contributed by atoms with Gasteiger partial charge in [0.15, 0.2) is 5.78 Å². The fourth-order valence-corrected chi connectivity index (χ4v) is 5.07. The minimum absolute atomic E-state index is 0.0595. The second kappa shape index (κ2) is 12.7. The van der Waals surface area contributed by atoms with Gasteiger partial charge in [0.2, 0.25) is 0 Å². The lowest BCUT2D eigenvalue weighted by Crippen LogP contribution is -2.52. The Hall–Kier alpha value is -2.65. The topological polar surface area (TPSA) is 119 Å². The molecular formula is C27H39ClN4O5. The highest BCUT2D eigenvalue weighted by Crippen LogP contribution is 2.35. The maximum Gasteiger partial charge on any atom is 0.407 e. The first kappa shape index (κ1) is 28.9. The third-order valence-electron chi connectivity index (χ3n) is 6.70. The summed E-state index contributed by atoms with van der Waals surface area (Å²) in [6.07, 6.45) is 8.07. The molecule has 0 radical (unpaired) electrons. The molecule has 9 nitrogen and oxygen atoms in total. The van der Waals surface area contributed by atoms with Gasteiger partial charge in [0.1, 0.15) is 17.0 Å². The summed E-state index contributed by atoms with van der Waals surface area (Å²) in [7, 11) is 0. The molecule has 1 aromatic rings. The fourth-order valence-electron chi connectivity index (χ4n) is 4.85. The molecule has 3 N–H and O–H groups in total. The van der Waals surface area contributed by atoms with Gasteiger partial charge in [0.05, 0.1) is 11.6 Å². The van der Waals surface area contributed by atoms with E-state index in [2.05, 4.69) is 20.9 Å². The molecule has 1 aliphatic heterocycles. The first-order valence-electron chi connectivity index (χ1n) is 13.0. The lowest BCUT2D eigenvalue weighted by molar-refractivity contribution is -0.137. The largest absolute Gasteiger partial charge is 0.463 e. The number of carbonyl (C=O) groups is 3. The van der Waals surface area contributed by atoms with Crippen LogP contribution in [0.4, 0.5) is 10.6 Å². The first-order valence-corrected chi connectivity index (χ1v) is 13.4. The number of hydrogen-bond acceptors (Lipinski definition) is 8. The lowest BCUT2D eigenvalue weighted by Gasteiger charge is -2.36. The van der Waals surface area contributed by atoms with Crippen molar-refractivity contribution in [1.29, 1.82) is 0 Å². The Morgan fingerprint density at radius 1 is 1.24 bits per heavy atom. The summed E-state index contributed by atoms with van der Waals surface area (Å²) in [6, 6.07) is 1.70. The van der Waals surface area contributed by atoms with Crippen LogP contribution in [0.5, 0.6) is 0 Å². The highest BCUT2D eigenvalue weighted by Gasteiger charge is 2.45. The average molecular weight is 535 g/mol. The highest BCUT2D eigenvalue weighted by molar-refractivity contribution is 6.33. The first-order chi connectivity index (χ1) is 17.5. The van der Waals surface area contributed by atoms with Crippen molar-refractivity contribution in [3.8, 4) is 0 Å². The number of carbonyl (C=O) groups excluding carboxylic acids is 3. The van der Waals surface area contributed by atoms with Crippen molar-refractivity contribution in [2.24, 2.45) is 11.8 Å². The average Bonchev–Trinajstić information content (AvgIpc) is 3.32. The molecular weight excluding hydrogens is 496 g/mol. The fraction of sp³-hybridized carbons (Fsp3) is 0.630. The van der Waals surface area contributed by atoms with Gasteiger partial charge in [-0.15, -0.1) is 0 Å². The van der Waals surface area contributed by atoms with E-state index in [1.807, 2.05) is 20.8 Å². The van der Waals surface area contributed by atoms with Crippen molar-refractivity contribution in [3.63, 3.8) is 0 Å². The molecule has 0 spiro atoms. The van der Waals surface area contributed by atoms with Crippen molar-refractivity contribution in [2.45, 2.75) is 70.9 Å². The van der Waals surface area contributed by atoms with Crippen LogP contribution in [0.3, 0.4) is 0 Å².